The zero-order valence-corrected chi connectivity index (χ0v) is 27.4. The highest BCUT2D eigenvalue weighted by Gasteiger charge is 2.50. The van der Waals surface area contributed by atoms with Crippen molar-refractivity contribution in [2.24, 2.45) is 17.8 Å². The van der Waals surface area contributed by atoms with Crippen LogP contribution < -0.4 is 14.4 Å². The number of halogens is 1. The Labute approximate surface area is 266 Å². The summed E-state index contributed by atoms with van der Waals surface area (Å²) in [5.41, 5.74) is 3.06. The summed E-state index contributed by atoms with van der Waals surface area (Å²) >= 11 is 6.35. The first-order valence-electron chi connectivity index (χ1n) is 16.2. The number of rotatable bonds is 0. The number of aryl methyl sites for hydroxylation is 1. The lowest BCUT2D eigenvalue weighted by Gasteiger charge is -2.52. The fourth-order valence-corrected chi connectivity index (χ4v) is 9.03. The Balaban J connectivity index is 1.39. The van der Waals surface area contributed by atoms with Gasteiger partial charge in [0.05, 0.1) is 36.4 Å². The van der Waals surface area contributed by atoms with Crippen LogP contribution in [0.2, 0.25) is 5.02 Å². The van der Waals surface area contributed by atoms with Gasteiger partial charge in [-0.25, -0.2) is 13.1 Å². The fourth-order valence-electron chi connectivity index (χ4n) is 7.52. The molecule has 5 atom stereocenters. The number of anilines is 1. The predicted molar refractivity (Wildman–Crippen MR) is 172 cm³/mol. The van der Waals surface area contributed by atoms with Crippen molar-refractivity contribution in [3.63, 3.8) is 0 Å². The van der Waals surface area contributed by atoms with Gasteiger partial charge in [0.15, 0.2) is 0 Å². The van der Waals surface area contributed by atoms with Crippen LogP contribution in [0, 0.1) is 17.8 Å². The van der Waals surface area contributed by atoms with Crippen LogP contribution in [0.4, 0.5) is 5.69 Å². The standard InChI is InChI=1S/C34H45ClN2O6S/c1-23-6-5-14-34(22-41-16-17-43-34)30-12-9-27(30)20-37-15-4-3-7-25-18-29(35)11-8-28(25)21-42-32-13-10-26(19-31(32)37)33(38)36-44(39,40)24(23)2/h8,10-11,13,18-19,23-24,27,30H,3-7,9,12,14-17,20-22H2,1-2H3,(H,36,38)/t23-,24+,27-,30+,34+/m0/s1. The third-order valence-corrected chi connectivity index (χ3v) is 12.7. The van der Waals surface area contributed by atoms with Crippen molar-refractivity contribution >= 4 is 33.2 Å². The number of carbonyl (C=O) groups excluding carboxylic acids is 1. The van der Waals surface area contributed by atoms with Gasteiger partial charge in [0.25, 0.3) is 5.91 Å². The van der Waals surface area contributed by atoms with Crippen molar-refractivity contribution in [1.29, 1.82) is 0 Å². The minimum atomic E-state index is -3.89. The van der Waals surface area contributed by atoms with Crippen LogP contribution in [0.5, 0.6) is 5.75 Å². The Kier molecular flexibility index (Phi) is 9.48. The highest BCUT2D eigenvalue weighted by atomic mass is 35.5. The van der Waals surface area contributed by atoms with Gasteiger partial charge in [0, 0.05) is 23.7 Å². The normalized spacial score (nSPS) is 31.3. The number of sulfonamides is 1. The molecular formula is C34H45ClN2O6S. The van der Waals surface area contributed by atoms with Gasteiger partial charge in [-0.2, -0.15) is 0 Å². The Morgan fingerprint density at radius 2 is 1.86 bits per heavy atom. The number of nitrogens with zero attached hydrogens (tertiary/aromatic N) is 1. The predicted octanol–water partition coefficient (Wildman–Crippen LogP) is 6.14. The molecule has 8 nitrogen and oxygen atoms in total. The lowest BCUT2D eigenvalue weighted by atomic mass is 9.63. The largest absolute Gasteiger partial charge is 0.487 e. The zero-order chi connectivity index (χ0) is 30.9. The van der Waals surface area contributed by atoms with Crippen LogP contribution in [0.25, 0.3) is 0 Å². The molecule has 4 aliphatic rings. The van der Waals surface area contributed by atoms with Gasteiger partial charge in [0.2, 0.25) is 10.0 Å². The van der Waals surface area contributed by atoms with Crippen LogP contribution in [-0.4, -0.2) is 58.1 Å². The number of benzene rings is 2. The number of hydrogen-bond acceptors (Lipinski definition) is 7. The number of hydrogen-bond donors (Lipinski definition) is 1. The summed E-state index contributed by atoms with van der Waals surface area (Å²) in [5.74, 6) is 0.709. The van der Waals surface area contributed by atoms with Crippen LogP contribution in [0.1, 0.15) is 80.3 Å². The quantitative estimate of drug-likeness (QED) is 0.368. The molecule has 0 unspecified atom stereocenters. The Morgan fingerprint density at radius 1 is 1.00 bits per heavy atom. The average Bonchev–Trinajstić information content (AvgIpc) is 3.01. The molecule has 44 heavy (non-hydrogen) atoms. The van der Waals surface area contributed by atoms with Gasteiger partial charge in [-0.1, -0.05) is 31.0 Å². The molecule has 1 saturated carbocycles. The van der Waals surface area contributed by atoms with Crippen molar-refractivity contribution in [2.75, 3.05) is 37.8 Å². The summed E-state index contributed by atoms with van der Waals surface area (Å²) in [5, 5.41) is 0.00169. The third kappa shape index (κ3) is 6.62. The number of nitrogens with one attached hydrogen (secondary N) is 1. The van der Waals surface area contributed by atoms with Crippen molar-refractivity contribution in [3.05, 3.63) is 58.1 Å². The molecule has 1 N–H and O–H groups in total. The molecule has 1 spiro atoms. The number of carbonyl (C=O) groups is 1. The summed E-state index contributed by atoms with van der Waals surface area (Å²) < 4.78 is 48.2. The number of amides is 1. The third-order valence-electron chi connectivity index (χ3n) is 10.5. The van der Waals surface area contributed by atoms with Crippen molar-refractivity contribution < 1.29 is 27.4 Å². The fraction of sp³-hybridized carbons (Fsp3) is 0.618. The summed E-state index contributed by atoms with van der Waals surface area (Å²) in [4.78, 5) is 15.8. The van der Waals surface area contributed by atoms with Crippen molar-refractivity contribution in [3.8, 4) is 5.75 Å². The molecule has 2 aromatic rings. The zero-order valence-electron chi connectivity index (χ0n) is 25.9. The van der Waals surface area contributed by atoms with Crippen LogP contribution in [-0.2, 0) is 32.5 Å². The SMILES string of the molecule is C[C@@H]1[C@@H](C)CCC[C@@]2(COCCO2)[C@@H]2CC[C@H]2CN2CCCCc3cc(Cl)ccc3COc3ccc(cc32)C(=O)NS1(=O)=O. The second-order valence-electron chi connectivity index (χ2n) is 13.2. The van der Waals surface area contributed by atoms with E-state index in [0.717, 1.165) is 80.7 Å². The minimum absolute atomic E-state index is 0.124. The summed E-state index contributed by atoms with van der Waals surface area (Å²) in [6, 6.07) is 11.2. The molecule has 10 heteroatoms. The molecule has 3 heterocycles. The van der Waals surface area contributed by atoms with E-state index in [4.69, 9.17) is 25.8 Å². The summed E-state index contributed by atoms with van der Waals surface area (Å²) in [7, 11) is -3.89. The molecule has 2 bridgehead atoms. The van der Waals surface area contributed by atoms with Crippen molar-refractivity contribution in [1.82, 2.24) is 4.72 Å². The van der Waals surface area contributed by atoms with E-state index in [-0.39, 0.29) is 11.5 Å². The number of ether oxygens (including phenoxy) is 3. The monoisotopic (exact) mass is 644 g/mol. The summed E-state index contributed by atoms with van der Waals surface area (Å²) in [6.07, 6.45) is 7.45. The molecule has 2 fully saturated rings. The van der Waals surface area contributed by atoms with Gasteiger partial charge < -0.3 is 19.1 Å². The Hall–Kier alpha value is -2.33. The smallest absolute Gasteiger partial charge is 0.264 e. The Bertz CT molecular complexity index is 1460. The molecule has 2 aromatic carbocycles. The average molecular weight is 645 g/mol. The second-order valence-corrected chi connectivity index (χ2v) is 15.7. The van der Waals surface area contributed by atoms with Gasteiger partial charge in [-0.05, 0) is 111 Å². The molecule has 240 valence electrons. The molecule has 0 radical (unpaired) electrons. The first-order chi connectivity index (χ1) is 21.1. The molecular weight excluding hydrogens is 600 g/mol. The van der Waals surface area contributed by atoms with E-state index in [9.17, 15) is 13.2 Å². The van der Waals surface area contributed by atoms with E-state index in [0.29, 0.717) is 49.6 Å². The molecule has 0 aromatic heterocycles. The highest BCUT2D eigenvalue weighted by Crippen LogP contribution is 2.48. The van der Waals surface area contributed by atoms with E-state index in [1.807, 2.05) is 37.3 Å². The molecule has 3 aliphatic heterocycles. The van der Waals surface area contributed by atoms with E-state index in [1.165, 1.54) is 5.56 Å². The molecule has 1 amide bonds. The highest BCUT2D eigenvalue weighted by molar-refractivity contribution is 7.90. The van der Waals surface area contributed by atoms with Crippen molar-refractivity contribution in [2.45, 2.75) is 82.7 Å². The van der Waals surface area contributed by atoms with E-state index in [1.54, 1.807) is 13.0 Å². The van der Waals surface area contributed by atoms with Crippen LogP contribution in [0.15, 0.2) is 36.4 Å². The molecule has 6 rings (SSSR count). The summed E-state index contributed by atoms with van der Waals surface area (Å²) in [6.45, 7) is 7.40. The van der Waals surface area contributed by atoms with Crippen LogP contribution in [0.3, 0.4) is 0 Å². The van der Waals surface area contributed by atoms with Gasteiger partial charge in [0.1, 0.15) is 12.4 Å². The number of fused-ring (bicyclic) bond motifs is 4. The van der Waals surface area contributed by atoms with Crippen LogP contribution >= 0.6 is 11.6 Å². The first kappa shape index (κ1) is 31.6. The van der Waals surface area contributed by atoms with Gasteiger partial charge >= 0.3 is 0 Å². The minimum Gasteiger partial charge on any atom is -0.487 e. The lowest BCUT2D eigenvalue weighted by Crippen LogP contribution is -2.57. The Morgan fingerprint density at radius 3 is 2.64 bits per heavy atom. The maximum absolute atomic E-state index is 13.4. The van der Waals surface area contributed by atoms with E-state index >= 15 is 0 Å². The lowest BCUT2D eigenvalue weighted by molar-refractivity contribution is -0.212. The van der Waals surface area contributed by atoms with E-state index in [2.05, 4.69) is 9.62 Å². The maximum atomic E-state index is 13.4. The maximum Gasteiger partial charge on any atom is 0.264 e. The van der Waals surface area contributed by atoms with Gasteiger partial charge in [-0.15, -0.1) is 0 Å². The second kappa shape index (κ2) is 13.2. The van der Waals surface area contributed by atoms with Gasteiger partial charge in [-0.3, -0.25) is 4.79 Å². The molecule has 1 aliphatic carbocycles. The molecule has 1 saturated heterocycles. The van der Waals surface area contributed by atoms with E-state index < -0.39 is 21.2 Å². The topological polar surface area (TPSA) is 94.2 Å². The first-order valence-corrected chi connectivity index (χ1v) is 18.1.